The number of rotatable bonds is 23. The standard InChI is InChI=1S/C28H43N2O12P/c1-5-37-17-24(14-31)29-43(36,30-25(15-32)18-38-6-2)19-23(27(34)40-20-41-28(35)42-21(3)4)12-13-26(33)39-16-22-10-8-7-9-11-22/h7-11,14-15,21,23-25H,5-6,12-13,16-20H2,1-4H3,(H2,29,30,36)/t23?,24-,25-/m1/s1. The van der Waals surface area contributed by atoms with Crippen LogP contribution in [0.15, 0.2) is 30.3 Å². The van der Waals surface area contributed by atoms with Crippen LogP contribution in [-0.4, -0.2) is 88.2 Å². The van der Waals surface area contributed by atoms with E-state index in [1.807, 2.05) is 6.07 Å². The van der Waals surface area contributed by atoms with Gasteiger partial charge in [0.05, 0.1) is 37.3 Å². The maximum absolute atomic E-state index is 14.2. The van der Waals surface area contributed by atoms with E-state index < -0.39 is 62.6 Å². The Morgan fingerprint density at radius 3 is 1.98 bits per heavy atom. The number of ether oxygens (including phenoxy) is 6. The molecule has 0 aliphatic heterocycles. The van der Waals surface area contributed by atoms with Gasteiger partial charge in [0.25, 0.3) is 0 Å². The molecule has 0 radical (unpaired) electrons. The monoisotopic (exact) mass is 630 g/mol. The highest BCUT2D eigenvalue weighted by molar-refractivity contribution is 7.60. The highest BCUT2D eigenvalue weighted by Crippen LogP contribution is 2.41. The molecular weight excluding hydrogens is 587 g/mol. The lowest BCUT2D eigenvalue weighted by Crippen LogP contribution is -2.44. The summed E-state index contributed by atoms with van der Waals surface area (Å²) in [6.07, 6.45) is -1.46. The average molecular weight is 631 g/mol. The van der Waals surface area contributed by atoms with Gasteiger partial charge in [-0.25, -0.2) is 15.0 Å². The lowest BCUT2D eigenvalue weighted by molar-refractivity contribution is -0.158. The minimum Gasteiger partial charge on any atom is -0.461 e. The number of hydrogen-bond donors (Lipinski definition) is 2. The third kappa shape index (κ3) is 16.9. The largest absolute Gasteiger partial charge is 0.511 e. The summed E-state index contributed by atoms with van der Waals surface area (Å²) in [6.45, 7) is 6.16. The molecule has 0 aliphatic carbocycles. The normalized spacial score (nSPS) is 13.4. The molecule has 0 fully saturated rings. The summed E-state index contributed by atoms with van der Waals surface area (Å²) in [5, 5.41) is 5.36. The first-order valence-corrected chi connectivity index (χ1v) is 15.8. The van der Waals surface area contributed by atoms with Gasteiger partial charge in [-0.15, -0.1) is 0 Å². The van der Waals surface area contributed by atoms with E-state index in [4.69, 9.17) is 28.4 Å². The predicted molar refractivity (Wildman–Crippen MR) is 154 cm³/mol. The molecule has 0 saturated heterocycles. The molecule has 242 valence electrons. The molecule has 1 aromatic carbocycles. The highest BCUT2D eigenvalue weighted by atomic mass is 31.2. The molecule has 15 heteroatoms. The van der Waals surface area contributed by atoms with Crippen LogP contribution >= 0.6 is 7.44 Å². The van der Waals surface area contributed by atoms with Crippen molar-refractivity contribution in [2.45, 2.75) is 65.3 Å². The van der Waals surface area contributed by atoms with Crippen molar-refractivity contribution in [3.8, 4) is 0 Å². The number of nitrogens with one attached hydrogen (secondary N) is 2. The van der Waals surface area contributed by atoms with Crippen LogP contribution < -0.4 is 10.2 Å². The first-order valence-electron chi connectivity index (χ1n) is 14.0. The van der Waals surface area contributed by atoms with Gasteiger partial charge in [0.15, 0.2) is 0 Å². The van der Waals surface area contributed by atoms with Gasteiger partial charge < -0.3 is 38.0 Å². The molecule has 1 rings (SSSR count). The van der Waals surface area contributed by atoms with Crippen molar-refractivity contribution in [1.82, 2.24) is 10.2 Å². The average Bonchev–Trinajstić information content (AvgIpc) is 2.98. The van der Waals surface area contributed by atoms with Crippen molar-refractivity contribution in [3.63, 3.8) is 0 Å². The van der Waals surface area contributed by atoms with E-state index in [9.17, 15) is 28.5 Å². The summed E-state index contributed by atoms with van der Waals surface area (Å²) >= 11 is 0. The predicted octanol–water partition coefficient (Wildman–Crippen LogP) is 2.77. The Bertz CT molecular complexity index is 1010. The lowest BCUT2D eigenvalue weighted by atomic mass is 10.1. The van der Waals surface area contributed by atoms with Crippen LogP contribution in [0, 0.1) is 5.92 Å². The summed E-state index contributed by atoms with van der Waals surface area (Å²) in [4.78, 5) is 60.7. The van der Waals surface area contributed by atoms with Crippen molar-refractivity contribution >= 4 is 38.1 Å². The van der Waals surface area contributed by atoms with E-state index in [1.54, 1.807) is 52.0 Å². The number of hydrogen-bond acceptors (Lipinski definition) is 12. The van der Waals surface area contributed by atoms with E-state index in [0.29, 0.717) is 12.6 Å². The Labute approximate surface area is 251 Å². The molecule has 0 amide bonds. The molecule has 43 heavy (non-hydrogen) atoms. The van der Waals surface area contributed by atoms with Gasteiger partial charge in [0.1, 0.15) is 19.2 Å². The van der Waals surface area contributed by atoms with E-state index in [1.165, 1.54) is 0 Å². The fourth-order valence-corrected chi connectivity index (χ4v) is 6.14. The fourth-order valence-electron chi connectivity index (χ4n) is 3.56. The molecule has 2 N–H and O–H groups in total. The summed E-state index contributed by atoms with van der Waals surface area (Å²) in [5.74, 6) is -2.80. The quantitative estimate of drug-likeness (QED) is 0.0592. The van der Waals surface area contributed by atoms with Gasteiger partial charge >= 0.3 is 18.1 Å². The van der Waals surface area contributed by atoms with Gasteiger partial charge in [-0.1, -0.05) is 30.3 Å². The highest BCUT2D eigenvalue weighted by Gasteiger charge is 2.36. The maximum atomic E-state index is 14.2. The van der Waals surface area contributed by atoms with Crippen molar-refractivity contribution in [1.29, 1.82) is 0 Å². The van der Waals surface area contributed by atoms with Crippen LogP contribution in [0.4, 0.5) is 4.79 Å². The SMILES string of the molecule is CCOC[C@@H](C=O)NP(=O)(CC(CCC(=O)OCc1ccccc1)C(=O)OCOC(=O)OC(C)C)N[C@H](C=O)COCC. The summed E-state index contributed by atoms with van der Waals surface area (Å²) < 4.78 is 44.7. The Balaban J connectivity index is 3.12. The molecule has 1 unspecified atom stereocenters. The third-order valence-corrected chi connectivity index (χ3v) is 7.99. The number of benzene rings is 1. The van der Waals surface area contributed by atoms with E-state index in [2.05, 4.69) is 10.2 Å². The van der Waals surface area contributed by atoms with Gasteiger partial charge in [-0.05, 0) is 39.7 Å². The molecule has 0 spiro atoms. The van der Waals surface area contributed by atoms with Crippen LogP contribution in [0.25, 0.3) is 0 Å². The number of esters is 2. The first-order chi connectivity index (χ1) is 20.5. The molecule has 0 heterocycles. The van der Waals surface area contributed by atoms with E-state index in [-0.39, 0.29) is 45.9 Å². The molecule has 0 saturated carbocycles. The Morgan fingerprint density at radius 1 is 0.884 bits per heavy atom. The smallest absolute Gasteiger partial charge is 0.461 e. The first kappa shape index (κ1) is 37.9. The number of carbonyl (C=O) groups excluding carboxylic acids is 5. The third-order valence-electron chi connectivity index (χ3n) is 5.54. The summed E-state index contributed by atoms with van der Waals surface area (Å²) in [6, 6.07) is 6.86. The van der Waals surface area contributed by atoms with Crippen LogP contribution in [0.2, 0.25) is 0 Å². The van der Waals surface area contributed by atoms with Crippen molar-refractivity contribution < 1.29 is 57.0 Å². The van der Waals surface area contributed by atoms with Crippen LogP contribution in [0.5, 0.6) is 0 Å². The molecule has 0 aromatic heterocycles. The maximum Gasteiger partial charge on any atom is 0.511 e. The second-order valence-electron chi connectivity index (χ2n) is 9.51. The number of carbonyl (C=O) groups is 5. The van der Waals surface area contributed by atoms with Gasteiger partial charge in [-0.3, -0.25) is 14.2 Å². The zero-order valence-electron chi connectivity index (χ0n) is 25.1. The van der Waals surface area contributed by atoms with Crippen LogP contribution in [0.1, 0.15) is 46.1 Å². The molecule has 1 aromatic rings. The molecular formula is C28H43N2O12P. The van der Waals surface area contributed by atoms with E-state index >= 15 is 0 Å². The number of aldehydes is 2. The summed E-state index contributed by atoms with van der Waals surface area (Å²) in [5.41, 5.74) is 0.763. The van der Waals surface area contributed by atoms with Crippen LogP contribution in [-0.2, 0) is 58.8 Å². The fraction of sp³-hybridized carbons (Fsp3) is 0.607. The van der Waals surface area contributed by atoms with Crippen molar-refractivity contribution in [2.24, 2.45) is 5.92 Å². The summed E-state index contributed by atoms with van der Waals surface area (Å²) in [7, 11) is -3.96. The van der Waals surface area contributed by atoms with Crippen molar-refractivity contribution in [3.05, 3.63) is 35.9 Å². The minimum absolute atomic E-state index is 0.0130. The zero-order valence-corrected chi connectivity index (χ0v) is 26.0. The zero-order chi connectivity index (χ0) is 32.1. The van der Waals surface area contributed by atoms with Gasteiger partial charge in [0, 0.05) is 25.8 Å². The van der Waals surface area contributed by atoms with Crippen molar-refractivity contribution in [2.75, 3.05) is 39.4 Å². The second-order valence-corrected chi connectivity index (χ2v) is 11.9. The Hall–Kier alpha value is -3.16. The molecule has 0 aliphatic rings. The lowest BCUT2D eigenvalue weighted by Gasteiger charge is -2.29. The van der Waals surface area contributed by atoms with Crippen LogP contribution in [0.3, 0.4) is 0 Å². The van der Waals surface area contributed by atoms with E-state index in [0.717, 1.165) is 5.56 Å². The molecule has 0 bridgehead atoms. The Morgan fingerprint density at radius 2 is 1.47 bits per heavy atom. The Kier molecular flexibility index (Phi) is 18.9. The minimum atomic E-state index is -3.96. The van der Waals surface area contributed by atoms with Gasteiger partial charge in [0.2, 0.25) is 14.2 Å². The molecule has 14 nitrogen and oxygen atoms in total. The van der Waals surface area contributed by atoms with Gasteiger partial charge in [-0.2, -0.15) is 0 Å². The second kappa shape index (κ2) is 21.5. The molecule has 3 atom stereocenters. The topological polar surface area (TPSA) is 182 Å².